The Kier molecular flexibility index (Phi) is 7.93. The summed E-state index contributed by atoms with van der Waals surface area (Å²) in [4.78, 5) is 12.9. The summed E-state index contributed by atoms with van der Waals surface area (Å²) in [5, 5.41) is 12.1. The van der Waals surface area contributed by atoms with Gasteiger partial charge in [0.1, 0.15) is 0 Å². The van der Waals surface area contributed by atoms with E-state index in [4.69, 9.17) is 9.47 Å². The molecule has 1 aliphatic heterocycles. The molecule has 0 radical (unpaired) electrons. The van der Waals surface area contributed by atoms with Gasteiger partial charge in [-0.25, -0.2) is 0 Å². The molecule has 1 heterocycles. The molecule has 32 heavy (non-hydrogen) atoms. The summed E-state index contributed by atoms with van der Waals surface area (Å²) in [6.07, 6.45) is -2.61. The minimum absolute atomic E-state index is 0.0393. The van der Waals surface area contributed by atoms with Gasteiger partial charge in [-0.1, -0.05) is 30.3 Å². The highest BCUT2D eigenvalue weighted by atomic mass is 19.4. The van der Waals surface area contributed by atoms with Crippen molar-refractivity contribution in [2.45, 2.75) is 38.1 Å². The number of amides is 1. The molecule has 3 rings (SSSR count). The van der Waals surface area contributed by atoms with Gasteiger partial charge in [0.2, 0.25) is 6.29 Å². The number of anilines is 1. The Morgan fingerprint density at radius 2 is 1.81 bits per heavy atom. The fourth-order valence-electron chi connectivity index (χ4n) is 3.75. The number of aliphatic hydroxyl groups excluding tert-OH is 1. The van der Waals surface area contributed by atoms with Crippen molar-refractivity contribution >= 4 is 11.6 Å². The highest BCUT2D eigenvalue weighted by Crippen LogP contribution is 2.40. The van der Waals surface area contributed by atoms with Crippen LogP contribution in [0.5, 0.6) is 0 Å². The maximum absolute atomic E-state index is 13.0. The molecule has 0 spiro atoms. The third-order valence-corrected chi connectivity index (χ3v) is 5.29. The van der Waals surface area contributed by atoms with Crippen LogP contribution in [0.25, 0.3) is 0 Å². The smallest absolute Gasteiger partial charge is 0.416 e. The second kappa shape index (κ2) is 10.7. The lowest BCUT2D eigenvalue weighted by Gasteiger charge is -2.37. The van der Waals surface area contributed by atoms with E-state index in [-0.39, 0.29) is 18.3 Å². The number of halogens is 3. The highest BCUT2D eigenvalue weighted by molar-refractivity contribution is 6.02. The number of para-hydroxylation sites is 1. The van der Waals surface area contributed by atoms with Crippen molar-refractivity contribution in [2.24, 2.45) is 5.92 Å². The molecule has 1 aliphatic rings. The van der Waals surface area contributed by atoms with Crippen molar-refractivity contribution in [3.8, 4) is 0 Å². The van der Waals surface area contributed by atoms with Crippen LogP contribution in [0.15, 0.2) is 66.4 Å². The maximum Gasteiger partial charge on any atom is 0.416 e. The molecule has 0 bridgehead atoms. The lowest BCUT2D eigenvalue weighted by atomic mass is 9.80. The summed E-state index contributed by atoms with van der Waals surface area (Å²) in [5.41, 5.74) is 0.454. The van der Waals surface area contributed by atoms with Crippen molar-refractivity contribution in [3.63, 3.8) is 0 Å². The van der Waals surface area contributed by atoms with Crippen LogP contribution < -0.4 is 5.32 Å². The van der Waals surface area contributed by atoms with Crippen LogP contribution in [0.3, 0.4) is 0 Å². The molecular weight excluding hydrogens is 423 g/mol. The summed E-state index contributed by atoms with van der Waals surface area (Å²) in [6, 6.07) is 13.7. The van der Waals surface area contributed by atoms with Crippen LogP contribution in [-0.4, -0.2) is 30.5 Å². The summed E-state index contributed by atoms with van der Waals surface area (Å²) in [6.45, 7) is 2.08. The molecule has 5 nitrogen and oxygen atoms in total. The quantitative estimate of drug-likeness (QED) is 0.589. The molecule has 172 valence electrons. The maximum atomic E-state index is 13.0. The Labute approximate surface area is 184 Å². The van der Waals surface area contributed by atoms with Gasteiger partial charge >= 0.3 is 6.18 Å². The van der Waals surface area contributed by atoms with Gasteiger partial charge in [0.15, 0.2) is 5.76 Å². The Morgan fingerprint density at radius 3 is 2.41 bits per heavy atom. The first-order valence-corrected chi connectivity index (χ1v) is 10.5. The number of carbonyl (C=O) groups excluding carboxylic acids is 1. The standard InChI is InChI=1S/C24H26F3NO4/c1-2-31-23-19(9-6-14-29)20(16-10-12-17(13-11-16)24(25,26)27)15-21(32-23)22(30)28-18-7-4-3-5-8-18/h3-5,7-8,10-13,15,19-20,23,29H,2,6,9,14H2,1H3,(H,28,30)/t19-,20+,23+/m1/s1. The summed E-state index contributed by atoms with van der Waals surface area (Å²) < 4.78 is 50.6. The van der Waals surface area contributed by atoms with E-state index in [1.165, 1.54) is 12.1 Å². The fourth-order valence-corrected chi connectivity index (χ4v) is 3.75. The van der Waals surface area contributed by atoms with Crippen molar-refractivity contribution in [3.05, 3.63) is 77.6 Å². The number of rotatable bonds is 8. The zero-order chi connectivity index (χ0) is 23.1. The second-order valence-corrected chi connectivity index (χ2v) is 7.47. The van der Waals surface area contributed by atoms with E-state index in [0.29, 0.717) is 30.7 Å². The van der Waals surface area contributed by atoms with Crippen molar-refractivity contribution in [2.75, 3.05) is 18.5 Å². The van der Waals surface area contributed by atoms with E-state index in [1.54, 1.807) is 37.3 Å². The van der Waals surface area contributed by atoms with Gasteiger partial charge in [-0.05, 0) is 55.7 Å². The molecule has 0 aliphatic carbocycles. The van der Waals surface area contributed by atoms with E-state index in [9.17, 15) is 23.1 Å². The highest BCUT2D eigenvalue weighted by Gasteiger charge is 2.38. The van der Waals surface area contributed by atoms with Gasteiger partial charge in [-0.2, -0.15) is 13.2 Å². The van der Waals surface area contributed by atoms with E-state index >= 15 is 0 Å². The molecule has 2 N–H and O–H groups in total. The minimum Gasteiger partial charge on any atom is -0.459 e. The van der Waals surface area contributed by atoms with Crippen molar-refractivity contribution < 1.29 is 32.5 Å². The van der Waals surface area contributed by atoms with Crippen molar-refractivity contribution in [1.29, 1.82) is 0 Å². The monoisotopic (exact) mass is 449 g/mol. The molecule has 2 aromatic rings. The number of alkyl halides is 3. The molecule has 0 aromatic heterocycles. The number of aliphatic hydroxyl groups is 1. The molecular formula is C24H26F3NO4. The van der Waals surface area contributed by atoms with Gasteiger partial charge in [0.05, 0.1) is 5.56 Å². The van der Waals surface area contributed by atoms with Gasteiger partial charge in [0.25, 0.3) is 5.91 Å². The SMILES string of the molecule is CCO[C@H]1OC(C(=O)Nc2ccccc2)=C[C@@H](c2ccc(C(F)(F)F)cc2)[C@H]1CCCO. The van der Waals surface area contributed by atoms with Crippen LogP contribution >= 0.6 is 0 Å². The average Bonchev–Trinajstić information content (AvgIpc) is 2.78. The average molecular weight is 449 g/mol. The van der Waals surface area contributed by atoms with Crippen LogP contribution in [0.4, 0.5) is 18.9 Å². The van der Waals surface area contributed by atoms with Gasteiger partial charge in [-0.3, -0.25) is 4.79 Å². The van der Waals surface area contributed by atoms with E-state index < -0.39 is 29.9 Å². The van der Waals surface area contributed by atoms with Gasteiger partial charge in [-0.15, -0.1) is 0 Å². The van der Waals surface area contributed by atoms with Gasteiger partial charge < -0.3 is 19.9 Å². The normalized spacial score (nSPS) is 20.9. The number of benzene rings is 2. The molecule has 0 fully saturated rings. The summed E-state index contributed by atoms with van der Waals surface area (Å²) >= 11 is 0. The van der Waals surface area contributed by atoms with E-state index in [2.05, 4.69) is 5.32 Å². The predicted molar refractivity (Wildman–Crippen MR) is 114 cm³/mol. The summed E-state index contributed by atoms with van der Waals surface area (Å²) in [7, 11) is 0. The number of ether oxygens (including phenoxy) is 2. The molecule has 1 amide bonds. The largest absolute Gasteiger partial charge is 0.459 e. The van der Waals surface area contributed by atoms with Gasteiger partial charge in [0, 0.05) is 30.7 Å². The van der Waals surface area contributed by atoms with Crippen LogP contribution in [0.1, 0.15) is 36.8 Å². The molecule has 0 saturated heterocycles. The zero-order valence-corrected chi connectivity index (χ0v) is 17.6. The predicted octanol–water partition coefficient (Wildman–Crippen LogP) is 5.09. The Balaban J connectivity index is 1.95. The lowest BCUT2D eigenvalue weighted by molar-refractivity contribution is -0.165. The number of hydrogen-bond donors (Lipinski definition) is 2. The Morgan fingerprint density at radius 1 is 1.12 bits per heavy atom. The first kappa shape index (κ1) is 23.8. The number of nitrogens with one attached hydrogen (secondary N) is 1. The molecule has 2 aromatic carbocycles. The van der Waals surface area contributed by atoms with Crippen LogP contribution in [0.2, 0.25) is 0 Å². The third kappa shape index (κ3) is 5.89. The fraction of sp³-hybridized carbons (Fsp3) is 0.375. The summed E-state index contributed by atoms with van der Waals surface area (Å²) in [5.74, 6) is -1.14. The van der Waals surface area contributed by atoms with Crippen LogP contribution in [0, 0.1) is 5.92 Å². The minimum atomic E-state index is -4.44. The molecule has 0 unspecified atom stereocenters. The third-order valence-electron chi connectivity index (χ3n) is 5.29. The zero-order valence-electron chi connectivity index (χ0n) is 17.6. The number of carbonyl (C=O) groups is 1. The Bertz CT molecular complexity index is 913. The van der Waals surface area contributed by atoms with E-state index in [0.717, 1.165) is 12.1 Å². The Hall–Kier alpha value is -2.84. The first-order valence-electron chi connectivity index (χ1n) is 10.5. The number of hydrogen-bond acceptors (Lipinski definition) is 4. The van der Waals surface area contributed by atoms with Crippen molar-refractivity contribution in [1.82, 2.24) is 0 Å². The molecule has 3 atom stereocenters. The lowest BCUT2D eigenvalue weighted by Crippen LogP contribution is -2.37. The first-order chi connectivity index (χ1) is 15.3. The topological polar surface area (TPSA) is 67.8 Å². The van der Waals surface area contributed by atoms with E-state index in [1.807, 2.05) is 6.07 Å². The molecule has 8 heteroatoms. The second-order valence-electron chi connectivity index (χ2n) is 7.47. The number of allylic oxidation sites excluding steroid dienone is 1. The molecule has 0 saturated carbocycles. The van der Waals surface area contributed by atoms with Crippen LogP contribution in [-0.2, 0) is 20.4 Å².